The van der Waals surface area contributed by atoms with Crippen molar-refractivity contribution in [3.05, 3.63) is 64.1 Å². The smallest absolute Gasteiger partial charge is 0.255 e. The number of H-pyrrole nitrogens is 1. The number of methoxy groups -OCH3 is 1. The van der Waals surface area contributed by atoms with Crippen molar-refractivity contribution in [2.45, 2.75) is 19.3 Å². The Balaban J connectivity index is 1.54. The highest BCUT2D eigenvalue weighted by molar-refractivity contribution is 5.93. The fraction of sp³-hybridized carbons (Fsp3) is 0.368. The third-order valence-electron chi connectivity index (χ3n) is 4.62. The number of carbonyl (C=O) groups excluding carboxylic acids is 1. The van der Waals surface area contributed by atoms with Crippen LogP contribution in [-0.4, -0.2) is 36.0 Å². The van der Waals surface area contributed by atoms with Crippen molar-refractivity contribution in [3.8, 4) is 5.75 Å². The number of aromatic amines is 1. The minimum absolute atomic E-state index is 0.00542. The lowest BCUT2D eigenvalue weighted by atomic mass is 9.90. The van der Waals surface area contributed by atoms with Crippen LogP contribution in [0.3, 0.4) is 0 Å². The Morgan fingerprint density at radius 3 is 2.46 bits per heavy atom. The summed E-state index contributed by atoms with van der Waals surface area (Å²) in [5.41, 5.74) is 1.66. The van der Waals surface area contributed by atoms with Crippen LogP contribution in [0.15, 0.2) is 47.4 Å². The maximum atomic E-state index is 12.4. The first-order valence-corrected chi connectivity index (χ1v) is 8.26. The molecule has 0 spiro atoms. The van der Waals surface area contributed by atoms with Gasteiger partial charge in [-0.15, -0.1) is 0 Å². The van der Waals surface area contributed by atoms with E-state index in [1.165, 1.54) is 17.8 Å². The van der Waals surface area contributed by atoms with Crippen LogP contribution in [0.1, 0.15) is 28.8 Å². The Hall–Kier alpha value is -2.56. The molecule has 126 valence electrons. The molecule has 1 aromatic heterocycles. The summed E-state index contributed by atoms with van der Waals surface area (Å²) in [5, 5.41) is 0. The van der Waals surface area contributed by atoms with Gasteiger partial charge in [-0.1, -0.05) is 12.1 Å². The van der Waals surface area contributed by atoms with Crippen molar-refractivity contribution in [2.24, 2.45) is 5.92 Å². The molecule has 5 heteroatoms. The summed E-state index contributed by atoms with van der Waals surface area (Å²) in [6.45, 7) is 1.53. The van der Waals surface area contributed by atoms with Gasteiger partial charge >= 0.3 is 0 Å². The summed E-state index contributed by atoms with van der Waals surface area (Å²) < 4.78 is 5.18. The lowest BCUT2D eigenvalue weighted by Crippen LogP contribution is -2.39. The van der Waals surface area contributed by atoms with E-state index in [1.807, 2.05) is 17.0 Å². The molecular formula is C19H22N2O3. The summed E-state index contributed by atoms with van der Waals surface area (Å²) in [7, 11) is 1.67. The molecule has 2 aromatic rings. The van der Waals surface area contributed by atoms with Gasteiger partial charge in [0.25, 0.3) is 5.91 Å². The average molecular weight is 326 g/mol. The highest BCUT2D eigenvalue weighted by atomic mass is 16.5. The monoisotopic (exact) mass is 326 g/mol. The Morgan fingerprint density at radius 1 is 1.17 bits per heavy atom. The van der Waals surface area contributed by atoms with Gasteiger partial charge in [0.1, 0.15) is 5.75 Å². The van der Waals surface area contributed by atoms with Crippen molar-refractivity contribution in [1.29, 1.82) is 0 Å². The quantitative estimate of drug-likeness (QED) is 0.939. The molecule has 0 radical (unpaired) electrons. The normalized spacial score (nSPS) is 15.3. The SMILES string of the molecule is COc1ccc(CC2CCN(C(=O)c3ccc(=O)[nH]c3)CC2)cc1. The number of benzene rings is 1. The van der Waals surface area contributed by atoms with E-state index < -0.39 is 0 Å². The number of hydrogen-bond acceptors (Lipinski definition) is 3. The van der Waals surface area contributed by atoms with Crippen molar-refractivity contribution < 1.29 is 9.53 Å². The summed E-state index contributed by atoms with van der Waals surface area (Å²) in [6.07, 6.45) is 4.53. The Morgan fingerprint density at radius 2 is 1.88 bits per heavy atom. The van der Waals surface area contributed by atoms with E-state index in [0.29, 0.717) is 11.5 Å². The molecule has 1 N–H and O–H groups in total. The van der Waals surface area contributed by atoms with E-state index in [1.54, 1.807) is 13.2 Å². The molecule has 0 atom stereocenters. The number of nitrogens with zero attached hydrogens (tertiary/aromatic N) is 1. The molecule has 1 aromatic carbocycles. The fourth-order valence-corrected chi connectivity index (χ4v) is 3.16. The van der Waals surface area contributed by atoms with Gasteiger partial charge in [0.15, 0.2) is 0 Å². The minimum Gasteiger partial charge on any atom is -0.497 e. The summed E-state index contributed by atoms with van der Waals surface area (Å²) in [6, 6.07) is 11.2. The van der Waals surface area contributed by atoms with Gasteiger partial charge in [0.05, 0.1) is 12.7 Å². The number of rotatable bonds is 4. The van der Waals surface area contributed by atoms with Gasteiger partial charge in [-0.3, -0.25) is 9.59 Å². The van der Waals surface area contributed by atoms with E-state index in [4.69, 9.17) is 4.74 Å². The minimum atomic E-state index is -0.190. The first-order chi connectivity index (χ1) is 11.7. The molecule has 24 heavy (non-hydrogen) atoms. The zero-order valence-corrected chi connectivity index (χ0v) is 13.8. The molecule has 0 aliphatic carbocycles. The first kappa shape index (κ1) is 16.3. The maximum Gasteiger partial charge on any atom is 0.255 e. The number of amides is 1. The van der Waals surface area contributed by atoms with Gasteiger partial charge in [-0.25, -0.2) is 0 Å². The zero-order chi connectivity index (χ0) is 16.9. The molecule has 1 fully saturated rings. The molecule has 1 saturated heterocycles. The number of aromatic nitrogens is 1. The lowest BCUT2D eigenvalue weighted by Gasteiger charge is -2.32. The highest BCUT2D eigenvalue weighted by Gasteiger charge is 2.23. The van der Waals surface area contributed by atoms with Crippen molar-refractivity contribution in [2.75, 3.05) is 20.2 Å². The zero-order valence-electron chi connectivity index (χ0n) is 13.8. The van der Waals surface area contributed by atoms with Crippen LogP contribution in [0.2, 0.25) is 0 Å². The van der Waals surface area contributed by atoms with Gasteiger partial charge in [-0.05, 0) is 48.9 Å². The van der Waals surface area contributed by atoms with Gasteiger partial charge in [0, 0.05) is 25.4 Å². The predicted molar refractivity (Wildman–Crippen MR) is 92.4 cm³/mol. The number of hydrogen-bond donors (Lipinski definition) is 1. The molecule has 0 bridgehead atoms. The first-order valence-electron chi connectivity index (χ1n) is 8.26. The largest absolute Gasteiger partial charge is 0.497 e. The topological polar surface area (TPSA) is 62.4 Å². The van der Waals surface area contributed by atoms with Gasteiger partial charge in [0.2, 0.25) is 5.56 Å². The molecule has 5 nitrogen and oxygen atoms in total. The molecule has 1 amide bonds. The average Bonchev–Trinajstić information content (AvgIpc) is 2.63. The summed E-state index contributed by atoms with van der Waals surface area (Å²) >= 11 is 0. The van der Waals surface area contributed by atoms with Crippen LogP contribution in [0.25, 0.3) is 0 Å². The molecule has 1 aliphatic rings. The molecule has 2 heterocycles. The number of likely N-dealkylation sites (tertiary alicyclic amines) is 1. The third kappa shape index (κ3) is 3.85. The van der Waals surface area contributed by atoms with E-state index in [0.717, 1.165) is 38.1 Å². The van der Waals surface area contributed by atoms with Crippen molar-refractivity contribution in [1.82, 2.24) is 9.88 Å². The summed E-state index contributed by atoms with van der Waals surface area (Å²) in [5.74, 6) is 1.47. The van der Waals surface area contributed by atoms with Crippen LogP contribution in [0, 0.1) is 5.92 Å². The second-order valence-corrected chi connectivity index (χ2v) is 6.23. The van der Waals surface area contributed by atoms with Crippen LogP contribution >= 0.6 is 0 Å². The maximum absolute atomic E-state index is 12.4. The molecule has 0 saturated carbocycles. The highest BCUT2D eigenvalue weighted by Crippen LogP contribution is 2.23. The second-order valence-electron chi connectivity index (χ2n) is 6.23. The van der Waals surface area contributed by atoms with Gasteiger partial charge < -0.3 is 14.6 Å². The Labute approximate surface area is 141 Å². The standard InChI is InChI=1S/C19H22N2O3/c1-24-17-5-2-14(3-6-17)12-15-8-10-21(11-9-15)19(23)16-4-7-18(22)20-13-16/h2-7,13,15H,8-12H2,1H3,(H,20,22). The van der Waals surface area contributed by atoms with E-state index in [9.17, 15) is 9.59 Å². The molecule has 1 aliphatic heterocycles. The van der Waals surface area contributed by atoms with Crippen LogP contribution < -0.4 is 10.3 Å². The van der Waals surface area contributed by atoms with Crippen molar-refractivity contribution >= 4 is 5.91 Å². The van der Waals surface area contributed by atoms with E-state index in [2.05, 4.69) is 17.1 Å². The van der Waals surface area contributed by atoms with Crippen LogP contribution in [-0.2, 0) is 6.42 Å². The molecular weight excluding hydrogens is 304 g/mol. The third-order valence-corrected chi connectivity index (χ3v) is 4.62. The van der Waals surface area contributed by atoms with E-state index in [-0.39, 0.29) is 11.5 Å². The number of nitrogens with one attached hydrogen (secondary N) is 1. The molecule has 0 unspecified atom stereocenters. The van der Waals surface area contributed by atoms with Crippen molar-refractivity contribution in [3.63, 3.8) is 0 Å². The number of piperidine rings is 1. The Kier molecular flexibility index (Phi) is 4.99. The second kappa shape index (κ2) is 7.34. The van der Waals surface area contributed by atoms with Gasteiger partial charge in [-0.2, -0.15) is 0 Å². The number of ether oxygens (including phenoxy) is 1. The lowest BCUT2D eigenvalue weighted by molar-refractivity contribution is 0.0690. The van der Waals surface area contributed by atoms with Crippen LogP contribution in [0.4, 0.5) is 0 Å². The number of pyridine rings is 1. The fourth-order valence-electron chi connectivity index (χ4n) is 3.16. The number of carbonyl (C=O) groups is 1. The predicted octanol–water partition coefficient (Wildman–Crippen LogP) is 2.48. The van der Waals surface area contributed by atoms with E-state index >= 15 is 0 Å². The Bertz CT molecular complexity index is 723. The van der Waals surface area contributed by atoms with Crippen LogP contribution in [0.5, 0.6) is 5.75 Å². The summed E-state index contributed by atoms with van der Waals surface area (Å²) in [4.78, 5) is 28.0. The molecule has 3 rings (SSSR count).